The molecular formula is C13H14BrN3O. The van der Waals surface area contributed by atoms with Crippen molar-refractivity contribution >= 4 is 33.1 Å². The SMILES string of the molecule is COc1ccc(N)c(Nc2cccc(C)c2Br)n1. The van der Waals surface area contributed by atoms with E-state index in [1.54, 1.807) is 19.2 Å². The molecule has 0 radical (unpaired) electrons. The Morgan fingerprint density at radius 2 is 2.06 bits per heavy atom. The Labute approximate surface area is 114 Å². The van der Waals surface area contributed by atoms with Crippen molar-refractivity contribution < 1.29 is 4.74 Å². The average molecular weight is 308 g/mol. The number of pyridine rings is 1. The number of aryl methyl sites for hydroxylation is 1. The number of anilines is 3. The smallest absolute Gasteiger partial charge is 0.215 e. The van der Waals surface area contributed by atoms with Crippen LogP contribution in [-0.4, -0.2) is 12.1 Å². The lowest BCUT2D eigenvalue weighted by atomic mass is 10.2. The molecule has 4 nitrogen and oxygen atoms in total. The predicted molar refractivity (Wildman–Crippen MR) is 77.4 cm³/mol. The molecule has 0 bridgehead atoms. The Kier molecular flexibility index (Phi) is 3.72. The first-order valence-electron chi connectivity index (χ1n) is 5.44. The monoisotopic (exact) mass is 307 g/mol. The fourth-order valence-corrected chi connectivity index (χ4v) is 1.90. The van der Waals surface area contributed by atoms with Crippen LogP contribution in [0.2, 0.25) is 0 Å². The second kappa shape index (κ2) is 5.27. The maximum absolute atomic E-state index is 5.88. The van der Waals surface area contributed by atoms with Gasteiger partial charge in [-0.3, -0.25) is 0 Å². The molecule has 0 amide bonds. The summed E-state index contributed by atoms with van der Waals surface area (Å²) in [6, 6.07) is 9.44. The molecular weight excluding hydrogens is 294 g/mol. The van der Waals surface area contributed by atoms with Crippen molar-refractivity contribution in [1.82, 2.24) is 4.98 Å². The summed E-state index contributed by atoms with van der Waals surface area (Å²) in [5, 5.41) is 3.19. The molecule has 0 spiro atoms. The maximum atomic E-state index is 5.88. The highest BCUT2D eigenvalue weighted by Crippen LogP contribution is 2.30. The van der Waals surface area contributed by atoms with Crippen molar-refractivity contribution in [2.75, 3.05) is 18.2 Å². The third-order valence-electron chi connectivity index (χ3n) is 2.55. The van der Waals surface area contributed by atoms with E-state index in [9.17, 15) is 0 Å². The fourth-order valence-electron chi connectivity index (χ4n) is 1.54. The van der Waals surface area contributed by atoms with Crippen LogP contribution in [0.5, 0.6) is 5.88 Å². The molecule has 1 heterocycles. The summed E-state index contributed by atoms with van der Waals surface area (Å²) in [7, 11) is 1.57. The number of methoxy groups -OCH3 is 1. The molecule has 2 aromatic rings. The Bertz CT molecular complexity index is 572. The van der Waals surface area contributed by atoms with E-state index < -0.39 is 0 Å². The summed E-state index contributed by atoms with van der Waals surface area (Å²) in [6.07, 6.45) is 0. The molecule has 1 aromatic carbocycles. The van der Waals surface area contributed by atoms with Crippen LogP contribution in [0.1, 0.15) is 5.56 Å². The summed E-state index contributed by atoms with van der Waals surface area (Å²) in [5.41, 5.74) is 8.52. The molecule has 2 rings (SSSR count). The van der Waals surface area contributed by atoms with Crippen LogP contribution in [-0.2, 0) is 0 Å². The number of nitrogens with two attached hydrogens (primary N) is 1. The van der Waals surface area contributed by atoms with E-state index in [0.717, 1.165) is 15.7 Å². The van der Waals surface area contributed by atoms with E-state index in [-0.39, 0.29) is 0 Å². The minimum atomic E-state index is 0.524. The quantitative estimate of drug-likeness (QED) is 0.911. The van der Waals surface area contributed by atoms with Crippen LogP contribution in [0.15, 0.2) is 34.8 Å². The Morgan fingerprint density at radius 1 is 1.28 bits per heavy atom. The number of hydrogen-bond acceptors (Lipinski definition) is 4. The van der Waals surface area contributed by atoms with Crippen molar-refractivity contribution in [3.8, 4) is 5.88 Å². The van der Waals surface area contributed by atoms with Crippen LogP contribution in [0.4, 0.5) is 17.2 Å². The van der Waals surface area contributed by atoms with Gasteiger partial charge in [0, 0.05) is 10.5 Å². The molecule has 1 aromatic heterocycles. The van der Waals surface area contributed by atoms with E-state index >= 15 is 0 Å². The second-order valence-electron chi connectivity index (χ2n) is 3.85. The molecule has 0 atom stereocenters. The molecule has 0 saturated heterocycles. The van der Waals surface area contributed by atoms with E-state index in [2.05, 4.69) is 26.2 Å². The van der Waals surface area contributed by atoms with E-state index in [1.807, 2.05) is 25.1 Å². The minimum Gasteiger partial charge on any atom is -0.481 e. The highest BCUT2D eigenvalue weighted by molar-refractivity contribution is 9.10. The Balaban J connectivity index is 2.36. The number of nitrogens with zero attached hydrogens (tertiary/aromatic N) is 1. The summed E-state index contributed by atoms with van der Waals surface area (Å²) in [4.78, 5) is 4.28. The predicted octanol–water partition coefficient (Wildman–Crippen LogP) is 3.49. The van der Waals surface area contributed by atoms with Gasteiger partial charge in [0.05, 0.1) is 18.5 Å². The minimum absolute atomic E-state index is 0.524. The van der Waals surface area contributed by atoms with Crippen LogP contribution in [0.3, 0.4) is 0 Å². The van der Waals surface area contributed by atoms with Gasteiger partial charge in [-0.25, -0.2) is 0 Å². The topological polar surface area (TPSA) is 60.2 Å². The second-order valence-corrected chi connectivity index (χ2v) is 4.65. The molecule has 0 fully saturated rings. The van der Waals surface area contributed by atoms with Gasteiger partial charge in [0.1, 0.15) is 0 Å². The van der Waals surface area contributed by atoms with Gasteiger partial charge in [0.15, 0.2) is 5.82 Å². The normalized spacial score (nSPS) is 10.2. The third-order valence-corrected chi connectivity index (χ3v) is 3.61. The number of rotatable bonds is 3. The van der Waals surface area contributed by atoms with Gasteiger partial charge in [-0.2, -0.15) is 4.98 Å². The number of halogens is 1. The fraction of sp³-hybridized carbons (Fsp3) is 0.154. The van der Waals surface area contributed by atoms with Crippen molar-refractivity contribution in [3.63, 3.8) is 0 Å². The number of hydrogen-bond donors (Lipinski definition) is 2. The van der Waals surface area contributed by atoms with Gasteiger partial charge in [0.2, 0.25) is 5.88 Å². The highest BCUT2D eigenvalue weighted by atomic mass is 79.9. The van der Waals surface area contributed by atoms with Crippen molar-refractivity contribution in [2.45, 2.75) is 6.92 Å². The number of aromatic nitrogens is 1. The van der Waals surface area contributed by atoms with Crippen LogP contribution in [0, 0.1) is 6.92 Å². The first-order chi connectivity index (χ1) is 8.61. The lowest BCUT2D eigenvalue weighted by Gasteiger charge is -2.12. The van der Waals surface area contributed by atoms with Crippen molar-refractivity contribution in [3.05, 3.63) is 40.4 Å². The average Bonchev–Trinajstić information content (AvgIpc) is 2.37. The molecule has 3 N–H and O–H groups in total. The molecule has 5 heteroatoms. The molecule has 0 aliphatic rings. The van der Waals surface area contributed by atoms with Crippen LogP contribution >= 0.6 is 15.9 Å². The Morgan fingerprint density at radius 3 is 2.78 bits per heavy atom. The summed E-state index contributed by atoms with van der Waals surface area (Å²) >= 11 is 3.54. The van der Waals surface area contributed by atoms with Gasteiger partial charge < -0.3 is 15.8 Å². The van der Waals surface area contributed by atoms with Gasteiger partial charge in [-0.1, -0.05) is 12.1 Å². The van der Waals surface area contributed by atoms with Crippen LogP contribution < -0.4 is 15.8 Å². The van der Waals surface area contributed by atoms with Gasteiger partial charge in [-0.15, -0.1) is 0 Å². The van der Waals surface area contributed by atoms with Crippen molar-refractivity contribution in [1.29, 1.82) is 0 Å². The zero-order valence-corrected chi connectivity index (χ0v) is 11.8. The summed E-state index contributed by atoms with van der Waals surface area (Å²) in [6.45, 7) is 2.03. The van der Waals surface area contributed by atoms with Gasteiger partial charge in [0.25, 0.3) is 0 Å². The number of nitrogen functional groups attached to an aromatic ring is 1. The molecule has 18 heavy (non-hydrogen) atoms. The summed E-state index contributed by atoms with van der Waals surface area (Å²) < 4.78 is 6.08. The van der Waals surface area contributed by atoms with Crippen molar-refractivity contribution in [2.24, 2.45) is 0 Å². The van der Waals surface area contributed by atoms with Gasteiger partial charge >= 0.3 is 0 Å². The first-order valence-corrected chi connectivity index (χ1v) is 6.23. The first kappa shape index (κ1) is 12.7. The largest absolute Gasteiger partial charge is 0.481 e. The van der Waals surface area contributed by atoms with E-state index in [0.29, 0.717) is 17.4 Å². The maximum Gasteiger partial charge on any atom is 0.215 e. The lowest BCUT2D eigenvalue weighted by molar-refractivity contribution is 0.398. The molecule has 0 unspecified atom stereocenters. The van der Waals surface area contributed by atoms with Crippen LogP contribution in [0.25, 0.3) is 0 Å². The molecule has 94 valence electrons. The molecule has 0 saturated carbocycles. The number of benzene rings is 1. The van der Waals surface area contributed by atoms with E-state index in [1.165, 1.54) is 0 Å². The highest BCUT2D eigenvalue weighted by Gasteiger charge is 2.07. The third kappa shape index (κ3) is 2.56. The standard InChI is InChI=1S/C13H14BrN3O/c1-8-4-3-5-10(12(8)14)16-13-9(15)6-7-11(17-13)18-2/h3-7H,15H2,1-2H3,(H,16,17). The number of nitrogens with one attached hydrogen (secondary N) is 1. The van der Waals surface area contributed by atoms with Gasteiger partial charge in [-0.05, 0) is 40.5 Å². The number of ether oxygens (including phenoxy) is 1. The Hall–Kier alpha value is -1.75. The lowest BCUT2D eigenvalue weighted by Crippen LogP contribution is -2.01. The molecule has 0 aliphatic heterocycles. The zero-order chi connectivity index (χ0) is 13.1. The van der Waals surface area contributed by atoms with E-state index in [4.69, 9.17) is 10.5 Å². The summed E-state index contributed by atoms with van der Waals surface area (Å²) in [5.74, 6) is 1.11. The zero-order valence-electron chi connectivity index (χ0n) is 10.2. The molecule has 0 aliphatic carbocycles.